The van der Waals surface area contributed by atoms with Gasteiger partial charge in [-0.25, -0.2) is 17.2 Å². The van der Waals surface area contributed by atoms with Crippen LogP contribution in [0.15, 0.2) is 65.1 Å². The lowest BCUT2D eigenvalue weighted by Crippen LogP contribution is -2.46. The Morgan fingerprint density at radius 3 is 2.44 bits per heavy atom. The molecule has 234 valence electrons. The fraction of sp³-hybridized carbons (Fsp3) is 0.281. The molecule has 1 saturated carbocycles. The first kappa shape index (κ1) is 30.3. The van der Waals surface area contributed by atoms with Crippen LogP contribution in [0.4, 0.5) is 14.5 Å². The number of amides is 3. The number of benzene rings is 3. The van der Waals surface area contributed by atoms with Gasteiger partial charge in [0.05, 0.1) is 24.1 Å². The lowest BCUT2D eigenvalue weighted by Gasteiger charge is -2.26. The van der Waals surface area contributed by atoms with Crippen molar-refractivity contribution in [2.75, 3.05) is 30.8 Å². The number of nitrogens with one attached hydrogen (secondary N) is 1. The van der Waals surface area contributed by atoms with Gasteiger partial charge in [-0.05, 0) is 66.8 Å². The molecule has 3 N–H and O–H groups in total. The van der Waals surface area contributed by atoms with Crippen molar-refractivity contribution in [3.05, 3.63) is 77.6 Å². The summed E-state index contributed by atoms with van der Waals surface area (Å²) in [5, 5.41) is 2.89. The molecule has 45 heavy (non-hydrogen) atoms. The maximum absolute atomic E-state index is 13.8. The molecule has 2 fully saturated rings. The predicted octanol–water partition coefficient (Wildman–Crippen LogP) is 4.09. The van der Waals surface area contributed by atoms with Crippen molar-refractivity contribution in [2.45, 2.75) is 24.9 Å². The topological polar surface area (TPSA) is 143 Å². The summed E-state index contributed by atoms with van der Waals surface area (Å²) in [4.78, 5) is 40.5. The normalized spacial score (nSPS) is 18.9. The first-order chi connectivity index (χ1) is 21.4. The lowest BCUT2D eigenvalue weighted by atomic mass is 9.97. The number of sulfonamides is 1. The second-order valence-corrected chi connectivity index (χ2v) is 13.2. The highest BCUT2D eigenvalue weighted by Crippen LogP contribution is 2.48. The SMILES string of the molecule is CNC(=O)c1c(-c2ccc(F)cc2)oc2cc(N(CCF)S(C)(=O)=O)c(-c3cccc(C(=O)N4C(C(N)=O)C[C@@H]5CC54)c3)cc12. The average molecular weight is 637 g/mol. The van der Waals surface area contributed by atoms with E-state index in [2.05, 4.69) is 5.32 Å². The molecule has 6 rings (SSSR count). The summed E-state index contributed by atoms with van der Waals surface area (Å²) in [6.07, 6.45) is 2.25. The standard InChI is InChI=1S/C32H30F2N4O6S/c1-36-31(40)28-23-15-22(18-4-3-5-19(12-18)32(41)38-24-13-20(24)14-26(38)30(35)39)25(37(11-10-33)45(2,42)43)16-27(23)44-29(28)17-6-8-21(34)9-7-17/h3-9,12,15-16,20,24,26H,10-11,13-14H2,1-2H3,(H2,35,39)(H,36,40)/t20-,24?,26?/m0/s1. The van der Waals surface area contributed by atoms with Crippen LogP contribution in [0.2, 0.25) is 0 Å². The minimum Gasteiger partial charge on any atom is -0.455 e. The Morgan fingerprint density at radius 2 is 1.80 bits per heavy atom. The van der Waals surface area contributed by atoms with Gasteiger partial charge in [-0.1, -0.05) is 12.1 Å². The Morgan fingerprint density at radius 1 is 1.07 bits per heavy atom. The molecule has 0 spiro atoms. The molecule has 1 aliphatic heterocycles. The van der Waals surface area contributed by atoms with Crippen LogP contribution in [-0.2, 0) is 14.8 Å². The number of furan rings is 1. The Kier molecular flexibility index (Phi) is 7.59. The van der Waals surface area contributed by atoms with Gasteiger partial charge in [0.1, 0.15) is 29.9 Å². The second kappa shape index (κ2) is 11.3. The molecule has 4 aromatic rings. The summed E-state index contributed by atoms with van der Waals surface area (Å²) in [6, 6.07) is 14.0. The number of rotatable bonds is 9. The molecule has 2 aliphatic rings. The smallest absolute Gasteiger partial charge is 0.255 e. The molecule has 3 atom stereocenters. The summed E-state index contributed by atoms with van der Waals surface area (Å²) in [5.74, 6) is -1.60. The second-order valence-electron chi connectivity index (χ2n) is 11.3. The molecular weight excluding hydrogens is 606 g/mol. The van der Waals surface area contributed by atoms with Crippen molar-refractivity contribution in [3.63, 3.8) is 0 Å². The third kappa shape index (κ3) is 5.41. The number of halogens is 2. The van der Waals surface area contributed by atoms with Crippen molar-refractivity contribution in [1.82, 2.24) is 10.2 Å². The zero-order valence-electron chi connectivity index (χ0n) is 24.4. The van der Waals surface area contributed by atoms with E-state index in [4.69, 9.17) is 10.2 Å². The van der Waals surface area contributed by atoms with E-state index < -0.39 is 46.9 Å². The fourth-order valence-electron chi connectivity index (χ4n) is 6.24. The number of carbonyl (C=O) groups is 3. The van der Waals surface area contributed by atoms with Crippen molar-refractivity contribution >= 4 is 44.4 Å². The number of primary amides is 1. The number of anilines is 1. The van der Waals surface area contributed by atoms with E-state index in [1.807, 2.05) is 0 Å². The van der Waals surface area contributed by atoms with Crippen LogP contribution in [0.3, 0.4) is 0 Å². The van der Waals surface area contributed by atoms with Crippen LogP contribution in [-0.4, -0.2) is 69.6 Å². The Labute approximate surface area is 257 Å². The van der Waals surface area contributed by atoms with E-state index >= 15 is 0 Å². The zero-order chi connectivity index (χ0) is 32.2. The number of nitrogens with two attached hydrogens (primary N) is 1. The molecule has 10 nitrogen and oxygen atoms in total. The summed E-state index contributed by atoms with van der Waals surface area (Å²) in [5.41, 5.74) is 7.25. The van der Waals surface area contributed by atoms with Crippen LogP contribution < -0.4 is 15.4 Å². The highest BCUT2D eigenvalue weighted by Gasteiger charge is 2.55. The third-order valence-corrected chi connectivity index (χ3v) is 9.59. The van der Waals surface area contributed by atoms with Gasteiger partial charge < -0.3 is 20.4 Å². The van der Waals surface area contributed by atoms with Gasteiger partial charge in [-0.15, -0.1) is 0 Å². The van der Waals surface area contributed by atoms with Crippen molar-refractivity contribution in [3.8, 4) is 22.5 Å². The number of fused-ring (bicyclic) bond motifs is 2. The number of alkyl halides is 1. The van der Waals surface area contributed by atoms with Crippen molar-refractivity contribution in [1.29, 1.82) is 0 Å². The molecule has 1 aliphatic carbocycles. The zero-order valence-corrected chi connectivity index (χ0v) is 25.2. The number of hydrogen-bond donors (Lipinski definition) is 2. The Balaban J connectivity index is 1.56. The van der Waals surface area contributed by atoms with Crippen molar-refractivity contribution in [2.24, 2.45) is 11.7 Å². The van der Waals surface area contributed by atoms with Crippen LogP contribution in [0.25, 0.3) is 33.4 Å². The molecule has 13 heteroatoms. The maximum Gasteiger partial charge on any atom is 0.255 e. The quantitative estimate of drug-likeness (QED) is 0.283. The molecule has 3 amide bonds. The van der Waals surface area contributed by atoms with E-state index in [1.54, 1.807) is 30.3 Å². The van der Waals surface area contributed by atoms with E-state index in [0.717, 1.165) is 17.0 Å². The van der Waals surface area contributed by atoms with E-state index in [0.29, 0.717) is 22.9 Å². The molecule has 1 aromatic heterocycles. The van der Waals surface area contributed by atoms with Gasteiger partial charge in [0.15, 0.2) is 0 Å². The third-order valence-electron chi connectivity index (χ3n) is 8.41. The van der Waals surface area contributed by atoms with Gasteiger partial charge in [0, 0.05) is 41.2 Å². The number of carbonyl (C=O) groups excluding carboxylic acids is 3. The number of hydrogen-bond acceptors (Lipinski definition) is 6. The van der Waals surface area contributed by atoms with Crippen LogP contribution in [0, 0.1) is 11.7 Å². The highest BCUT2D eigenvalue weighted by atomic mass is 32.2. The monoisotopic (exact) mass is 636 g/mol. The summed E-state index contributed by atoms with van der Waals surface area (Å²) in [6.45, 7) is -1.49. The predicted molar refractivity (Wildman–Crippen MR) is 164 cm³/mol. The van der Waals surface area contributed by atoms with Crippen LogP contribution in [0.5, 0.6) is 0 Å². The summed E-state index contributed by atoms with van der Waals surface area (Å²) in [7, 11) is -2.58. The van der Waals surface area contributed by atoms with Gasteiger partial charge in [-0.3, -0.25) is 18.7 Å². The first-order valence-corrected chi connectivity index (χ1v) is 16.1. The average Bonchev–Trinajstić information content (AvgIpc) is 3.51. The Hall–Kier alpha value is -4.78. The number of piperidine rings is 1. The van der Waals surface area contributed by atoms with Gasteiger partial charge in [0.25, 0.3) is 11.8 Å². The highest BCUT2D eigenvalue weighted by molar-refractivity contribution is 7.92. The summed E-state index contributed by atoms with van der Waals surface area (Å²) >= 11 is 0. The van der Waals surface area contributed by atoms with E-state index in [9.17, 15) is 31.6 Å². The van der Waals surface area contributed by atoms with Crippen molar-refractivity contribution < 1.29 is 36.0 Å². The van der Waals surface area contributed by atoms with E-state index in [1.165, 1.54) is 42.3 Å². The molecular formula is C32H30F2N4O6S. The molecule has 1 saturated heterocycles. The minimum absolute atomic E-state index is 0.0635. The Bertz CT molecular complexity index is 1960. The molecule has 3 aromatic carbocycles. The largest absolute Gasteiger partial charge is 0.455 e. The minimum atomic E-state index is -4.01. The molecule has 0 radical (unpaired) electrons. The lowest BCUT2D eigenvalue weighted by molar-refractivity contribution is -0.122. The molecule has 2 heterocycles. The van der Waals surface area contributed by atoms with Gasteiger partial charge in [-0.2, -0.15) is 0 Å². The number of likely N-dealkylation sites (tertiary alicyclic amines) is 1. The number of nitrogens with zero attached hydrogens (tertiary/aromatic N) is 2. The first-order valence-electron chi connectivity index (χ1n) is 14.3. The van der Waals surface area contributed by atoms with Crippen LogP contribution in [0.1, 0.15) is 33.6 Å². The van der Waals surface area contributed by atoms with Gasteiger partial charge in [0.2, 0.25) is 15.9 Å². The van der Waals surface area contributed by atoms with Crippen LogP contribution >= 0.6 is 0 Å². The fourth-order valence-corrected chi connectivity index (χ4v) is 7.15. The summed E-state index contributed by atoms with van der Waals surface area (Å²) < 4.78 is 60.4. The maximum atomic E-state index is 13.8. The van der Waals surface area contributed by atoms with E-state index in [-0.39, 0.29) is 51.6 Å². The molecule has 2 unspecified atom stereocenters. The molecule has 0 bridgehead atoms. The van der Waals surface area contributed by atoms with Gasteiger partial charge >= 0.3 is 0 Å².